The molecule has 8 aromatic carbocycles. The molecule has 50 heavy (non-hydrogen) atoms. The summed E-state index contributed by atoms with van der Waals surface area (Å²) in [4.78, 5) is 0. The first-order valence-electron chi connectivity index (χ1n) is 17.2. The zero-order valence-electron chi connectivity index (χ0n) is 26.9. The fraction of sp³-hybridized carbons (Fsp3) is 0.0213. The molecule has 3 heteroatoms. The van der Waals surface area contributed by atoms with Gasteiger partial charge in [-0.2, -0.15) is 0 Å². The minimum Gasteiger partial charge on any atom is -0.456 e. The molecule has 0 fully saturated rings. The van der Waals surface area contributed by atoms with Crippen LogP contribution in [0, 0.1) is 0 Å². The minimum absolute atomic E-state index is 0.544. The molecule has 10 aromatic rings. The Labute approximate surface area is 287 Å². The van der Waals surface area contributed by atoms with E-state index in [2.05, 4.69) is 156 Å². The SMILES string of the molecule is c1ccc2c(c1)Oc1c(ccc3c4ccc5ccccc5c4n(-c4ccc5c(c4)oc4ccccc45)c13)C21c2ccccc2-c2ccccc21. The lowest BCUT2D eigenvalue weighted by Crippen LogP contribution is -2.32. The fourth-order valence-electron chi connectivity index (χ4n) is 9.28. The van der Waals surface area contributed by atoms with Crippen LogP contribution < -0.4 is 4.74 Å². The van der Waals surface area contributed by atoms with Crippen molar-refractivity contribution in [2.45, 2.75) is 5.41 Å². The largest absolute Gasteiger partial charge is 0.456 e. The predicted octanol–water partition coefficient (Wildman–Crippen LogP) is 12.3. The molecule has 0 unspecified atom stereocenters. The van der Waals surface area contributed by atoms with E-state index in [0.29, 0.717) is 0 Å². The van der Waals surface area contributed by atoms with Gasteiger partial charge in [-0.25, -0.2) is 0 Å². The van der Waals surface area contributed by atoms with Gasteiger partial charge in [0.15, 0.2) is 5.75 Å². The van der Waals surface area contributed by atoms with Crippen LogP contribution in [0.3, 0.4) is 0 Å². The molecular weight excluding hydrogens is 611 g/mol. The van der Waals surface area contributed by atoms with E-state index < -0.39 is 5.41 Å². The van der Waals surface area contributed by atoms with Gasteiger partial charge in [-0.1, -0.05) is 133 Å². The smallest absolute Gasteiger partial charge is 0.156 e. The summed E-state index contributed by atoms with van der Waals surface area (Å²) >= 11 is 0. The molecule has 1 aliphatic carbocycles. The summed E-state index contributed by atoms with van der Waals surface area (Å²) in [6.45, 7) is 0. The number of rotatable bonds is 1. The second kappa shape index (κ2) is 9.31. The first-order valence-corrected chi connectivity index (χ1v) is 17.2. The van der Waals surface area contributed by atoms with E-state index in [1.165, 1.54) is 44.0 Å². The quantitative estimate of drug-likeness (QED) is 0.179. The van der Waals surface area contributed by atoms with Crippen LogP contribution in [-0.2, 0) is 5.41 Å². The molecule has 0 saturated carbocycles. The average molecular weight is 638 g/mol. The van der Waals surface area contributed by atoms with Crippen molar-refractivity contribution >= 4 is 54.5 Å². The molecular formula is C47H27NO2. The van der Waals surface area contributed by atoms with Crippen LogP contribution in [0.1, 0.15) is 22.3 Å². The van der Waals surface area contributed by atoms with Crippen molar-refractivity contribution in [2.24, 2.45) is 0 Å². The van der Waals surface area contributed by atoms with Gasteiger partial charge in [0.25, 0.3) is 0 Å². The van der Waals surface area contributed by atoms with Crippen LogP contribution in [0.15, 0.2) is 168 Å². The van der Waals surface area contributed by atoms with Crippen LogP contribution in [-0.4, -0.2) is 4.57 Å². The summed E-state index contributed by atoms with van der Waals surface area (Å²) in [6.07, 6.45) is 0. The third kappa shape index (κ3) is 3.11. The topological polar surface area (TPSA) is 27.3 Å². The third-order valence-corrected chi connectivity index (χ3v) is 11.2. The molecule has 0 amide bonds. The van der Waals surface area contributed by atoms with Crippen molar-refractivity contribution < 1.29 is 9.15 Å². The van der Waals surface area contributed by atoms with Crippen LogP contribution in [0.4, 0.5) is 0 Å². The number of nitrogens with zero attached hydrogens (tertiary/aromatic N) is 1. The molecule has 232 valence electrons. The number of hydrogen-bond donors (Lipinski definition) is 0. The van der Waals surface area contributed by atoms with Gasteiger partial charge < -0.3 is 13.7 Å². The van der Waals surface area contributed by atoms with Gasteiger partial charge in [0.2, 0.25) is 0 Å². The molecule has 1 spiro atoms. The third-order valence-electron chi connectivity index (χ3n) is 11.2. The highest BCUT2D eigenvalue weighted by Gasteiger charge is 2.51. The Morgan fingerprint density at radius 1 is 0.420 bits per heavy atom. The highest BCUT2D eigenvalue weighted by atomic mass is 16.5. The van der Waals surface area contributed by atoms with Gasteiger partial charge in [0.1, 0.15) is 16.9 Å². The summed E-state index contributed by atoms with van der Waals surface area (Å²) < 4.78 is 16.1. The summed E-state index contributed by atoms with van der Waals surface area (Å²) in [5.41, 5.74) is 11.9. The maximum absolute atomic E-state index is 7.20. The summed E-state index contributed by atoms with van der Waals surface area (Å²) in [6, 6.07) is 59.2. The molecule has 0 N–H and O–H groups in total. The average Bonchev–Trinajstić information content (AvgIpc) is 3.82. The zero-order chi connectivity index (χ0) is 32.6. The van der Waals surface area contributed by atoms with E-state index in [1.54, 1.807) is 0 Å². The molecule has 0 saturated heterocycles. The molecule has 0 atom stereocenters. The number of furan rings is 1. The van der Waals surface area contributed by atoms with Crippen molar-refractivity contribution in [2.75, 3.05) is 0 Å². The minimum atomic E-state index is -0.544. The van der Waals surface area contributed by atoms with Crippen LogP contribution in [0.2, 0.25) is 0 Å². The van der Waals surface area contributed by atoms with Crippen molar-refractivity contribution in [1.82, 2.24) is 4.57 Å². The van der Waals surface area contributed by atoms with E-state index in [-0.39, 0.29) is 0 Å². The number of fused-ring (bicyclic) bond motifs is 18. The molecule has 2 aliphatic rings. The van der Waals surface area contributed by atoms with Gasteiger partial charge >= 0.3 is 0 Å². The second-order valence-electron chi connectivity index (χ2n) is 13.6. The molecule has 0 radical (unpaired) electrons. The first kappa shape index (κ1) is 26.4. The van der Waals surface area contributed by atoms with Crippen LogP contribution in [0.25, 0.3) is 71.3 Å². The van der Waals surface area contributed by atoms with Crippen LogP contribution >= 0.6 is 0 Å². The lowest BCUT2D eigenvalue weighted by molar-refractivity contribution is 0.440. The van der Waals surface area contributed by atoms with E-state index in [1.807, 2.05) is 12.1 Å². The number of para-hydroxylation sites is 2. The van der Waals surface area contributed by atoms with Gasteiger partial charge in [-0.3, -0.25) is 0 Å². The fourth-order valence-corrected chi connectivity index (χ4v) is 9.28. The van der Waals surface area contributed by atoms with Crippen molar-refractivity contribution in [3.8, 4) is 28.3 Å². The summed E-state index contributed by atoms with van der Waals surface area (Å²) in [7, 11) is 0. The molecule has 1 aliphatic heterocycles. The standard InChI is InChI=1S/C47H27NO2/c1-2-12-30-28(11-1)21-23-35-36-25-26-40-46(45(36)48(44(30)35)29-22-24-34-33-15-5-9-19-41(33)49-43(34)27-29)50-42-20-10-8-18-39(42)47(40)37-16-6-3-13-31(37)32-14-4-7-17-38(32)47/h1-27H. The lowest BCUT2D eigenvalue weighted by Gasteiger charge is -2.39. The Morgan fingerprint density at radius 3 is 1.88 bits per heavy atom. The van der Waals surface area contributed by atoms with Crippen molar-refractivity contribution in [3.05, 3.63) is 186 Å². The maximum Gasteiger partial charge on any atom is 0.156 e. The molecule has 3 nitrogen and oxygen atoms in total. The maximum atomic E-state index is 7.20. The van der Waals surface area contributed by atoms with Gasteiger partial charge in [0, 0.05) is 44.1 Å². The van der Waals surface area contributed by atoms with Gasteiger partial charge in [-0.15, -0.1) is 0 Å². The van der Waals surface area contributed by atoms with Gasteiger partial charge in [-0.05, 0) is 51.9 Å². The molecule has 3 heterocycles. The number of hydrogen-bond acceptors (Lipinski definition) is 2. The monoisotopic (exact) mass is 637 g/mol. The number of benzene rings is 8. The van der Waals surface area contributed by atoms with E-state index >= 15 is 0 Å². The number of ether oxygens (including phenoxy) is 1. The number of aromatic nitrogens is 1. The Morgan fingerprint density at radius 2 is 1.04 bits per heavy atom. The Bertz CT molecular complexity index is 3040. The van der Waals surface area contributed by atoms with Crippen LogP contribution in [0.5, 0.6) is 11.5 Å². The van der Waals surface area contributed by atoms with Gasteiger partial charge in [0.05, 0.1) is 22.1 Å². The molecule has 12 rings (SSSR count). The van der Waals surface area contributed by atoms with E-state index in [0.717, 1.165) is 61.1 Å². The second-order valence-corrected chi connectivity index (χ2v) is 13.6. The normalized spacial score (nSPS) is 13.9. The Hall–Kier alpha value is -6.58. The molecule has 2 aromatic heterocycles. The summed E-state index contributed by atoms with van der Waals surface area (Å²) in [5.74, 6) is 1.77. The zero-order valence-corrected chi connectivity index (χ0v) is 26.9. The van der Waals surface area contributed by atoms with Crippen molar-refractivity contribution in [3.63, 3.8) is 0 Å². The highest BCUT2D eigenvalue weighted by Crippen LogP contribution is 2.63. The van der Waals surface area contributed by atoms with Crippen molar-refractivity contribution in [1.29, 1.82) is 0 Å². The Balaban J connectivity index is 1.28. The van der Waals surface area contributed by atoms with E-state index in [9.17, 15) is 0 Å². The lowest BCUT2D eigenvalue weighted by atomic mass is 9.66. The summed E-state index contributed by atoms with van der Waals surface area (Å²) in [5, 5.41) is 6.98. The Kier molecular flexibility index (Phi) is 4.91. The molecule has 0 bridgehead atoms. The first-order chi connectivity index (χ1) is 24.8. The predicted molar refractivity (Wildman–Crippen MR) is 203 cm³/mol. The highest BCUT2D eigenvalue weighted by molar-refractivity contribution is 6.20. The van der Waals surface area contributed by atoms with E-state index in [4.69, 9.17) is 9.15 Å².